The fraction of sp³-hybridized carbons (Fsp3) is 0.111. The highest BCUT2D eigenvalue weighted by molar-refractivity contribution is 7.99. The normalized spacial score (nSPS) is 10.6. The van der Waals surface area contributed by atoms with Crippen molar-refractivity contribution in [2.45, 2.75) is 9.92 Å². The maximum Gasteiger partial charge on any atom is 0.177 e. The SMILES string of the molecule is Cn1cc(Sc2nc(NN)c(F)cc2F)cn1. The molecule has 5 nitrogen and oxygen atoms in total. The molecular formula is C9H9F2N5S. The predicted octanol–water partition coefficient (Wildman–Crippen LogP) is 1.53. The van der Waals surface area contributed by atoms with Crippen molar-refractivity contribution in [3.8, 4) is 0 Å². The van der Waals surface area contributed by atoms with E-state index in [1.807, 2.05) is 0 Å². The Morgan fingerprint density at radius 2 is 2.18 bits per heavy atom. The molecule has 0 radical (unpaired) electrons. The third kappa shape index (κ3) is 2.53. The number of aromatic nitrogens is 3. The first kappa shape index (κ1) is 11.8. The lowest BCUT2D eigenvalue weighted by atomic mass is 10.4. The molecule has 0 bridgehead atoms. The molecule has 2 aromatic heterocycles. The zero-order chi connectivity index (χ0) is 12.4. The molecule has 0 aliphatic rings. The molecule has 0 aromatic carbocycles. The summed E-state index contributed by atoms with van der Waals surface area (Å²) in [5.41, 5.74) is 2.07. The van der Waals surface area contributed by atoms with Crippen LogP contribution in [0, 0.1) is 11.6 Å². The Labute approximate surface area is 100.0 Å². The Morgan fingerprint density at radius 3 is 2.76 bits per heavy atom. The molecule has 0 fully saturated rings. The standard InChI is InChI=1S/C9H9F2N5S/c1-16-4-5(3-13-16)17-9-7(11)2-6(10)8(14-9)15-12/h2-4H,12H2,1H3,(H,14,15). The van der Waals surface area contributed by atoms with E-state index in [4.69, 9.17) is 5.84 Å². The highest BCUT2D eigenvalue weighted by atomic mass is 32.2. The molecule has 0 atom stereocenters. The first-order valence-electron chi connectivity index (χ1n) is 4.59. The van der Waals surface area contributed by atoms with Gasteiger partial charge in [0.25, 0.3) is 0 Å². The number of hydrogen-bond acceptors (Lipinski definition) is 5. The number of rotatable bonds is 3. The predicted molar refractivity (Wildman–Crippen MR) is 59.3 cm³/mol. The van der Waals surface area contributed by atoms with Crippen molar-refractivity contribution in [2.24, 2.45) is 12.9 Å². The summed E-state index contributed by atoms with van der Waals surface area (Å²) in [5.74, 6) is 3.30. The maximum atomic E-state index is 13.4. The first-order valence-corrected chi connectivity index (χ1v) is 5.41. The summed E-state index contributed by atoms with van der Waals surface area (Å²) < 4.78 is 28.1. The zero-order valence-electron chi connectivity index (χ0n) is 8.82. The van der Waals surface area contributed by atoms with E-state index in [2.05, 4.69) is 15.5 Å². The van der Waals surface area contributed by atoms with Gasteiger partial charge in [0.1, 0.15) is 5.03 Å². The second-order valence-corrected chi connectivity index (χ2v) is 4.26. The van der Waals surface area contributed by atoms with Crippen molar-refractivity contribution in [1.82, 2.24) is 14.8 Å². The minimum atomic E-state index is -0.833. The van der Waals surface area contributed by atoms with Crippen LogP contribution in [0.1, 0.15) is 0 Å². The fourth-order valence-electron chi connectivity index (χ4n) is 1.19. The van der Waals surface area contributed by atoms with Gasteiger partial charge in [-0.15, -0.1) is 0 Å². The number of halogens is 2. The van der Waals surface area contributed by atoms with Gasteiger partial charge in [-0.25, -0.2) is 19.6 Å². The number of anilines is 1. The molecule has 2 heterocycles. The summed E-state index contributed by atoms with van der Waals surface area (Å²) in [6.07, 6.45) is 3.26. The molecule has 0 spiro atoms. The summed E-state index contributed by atoms with van der Waals surface area (Å²) in [6, 6.07) is 0.737. The Balaban J connectivity index is 2.32. The minimum Gasteiger partial charge on any atom is -0.306 e. The Hall–Kier alpha value is -1.67. The van der Waals surface area contributed by atoms with E-state index in [0.29, 0.717) is 4.90 Å². The molecule has 90 valence electrons. The Morgan fingerprint density at radius 1 is 1.41 bits per heavy atom. The van der Waals surface area contributed by atoms with Crippen molar-refractivity contribution in [2.75, 3.05) is 5.43 Å². The lowest BCUT2D eigenvalue weighted by molar-refractivity contribution is 0.551. The molecule has 0 unspecified atom stereocenters. The van der Waals surface area contributed by atoms with Gasteiger partial charge in [0.2, 0.25) is 0 Å². The molecule has 3 N–H and O–H groups in total. The van der Waals surface area contributed by atoms with E-state index in [1.165, 1.54) is 0 Å². The van der Waals surface area contributed by atoms with Crippen LogP contribution in [0.5, 0.6) is 0 Å². The van der Waals surface area contributed by atoms with Crippen LogP contribution in [0.25, 0.3) is 0 Å². The van der Waals surface area contributed by atoms with E-state index in [0.717, 1.165) is 17.8 Å². The molecule has 17 heavy (non-hydrogen) atoms. The average molecular weight is 257 g/mol. The van der Waals surface area contributed by atoms with Crippen LogP contribution < -0.4 is 11.3 Å². The van der Waals surface area contributed by atoms with Crippen molar-refractivity contribution >= 4 is 17.6 Å². The largest absolute Gasteiger partial charge is 0.306 e. The number of nitrogen functional groups attached to an aromatic ring is 1. The molecule has 0 saturated heterocycles. The van der Waals surface area contributed by atoms with Crippen LogP contribution in [-0.2, 0) is 7.05 Å². The fourth-order valence-corrected chi connectivity index (χ4v) is 2.01. The van der Waals surface area contributed by atoms with Crippen LogP contribution in [0.3, 0.4) is 0 Å². The first-order chi connectivity index (χ1) is 8.10. The second-order valence-electron chi connectivity index (χ2n) is 3.20. The van der Waals surface area contributed by atoms with Gasteiger partial charge in [-0.3, -0.25) is 4.68 Å². The van der Waals surface area contributed by atoms with E-state index in [9.17, 15) is 8.78 Å². The molecule has 0 aliphatic carbocycles. The van der Waals surface area contributed by atoms with Gasteiger partial charge in [-0.05, 0) is 0 Å². The third-order valence-corrected chi connectivity index (χ3v) is 2.86. The van der Waals surface area contributed by atoms with Crippen LogP contribution in [-0.4, -0.2) is 14.8 Å². The summed E-state index contributed by atoms with van der Waals surface area (Å²) >= 11 is 1.04. The number of hydrazine groups is 1. The second kappa shape index (κ2) is 4.68. The van der Waals surface area contributed by atoms with Gasteiger partial charge in [0, 0.05) is 19.3 Å². The lowest BCUT2D eigenvalue weighted by Gasteiger charge is -2.05. The van der Waals surface area contributed by atoms with Gasteiger partial charge in [0.15, 0.2) is 17.5 Å². The monoisotopic (exact) mass is 257 g/mol. The van der Waals surface area contributed by atoms with Crippen LogP contribution >= 0.6 is 11.8 Å². The molecule has 2 aromatic rings. The number of aryl methyl sites for hydroxylation is 1. The summed E-state index contributed by atoms with van der Waals surface area (Å²) in [6.45, 7) is 0. The number of nitrogens with zero attached hydrogens (tertiary/aromatic N) is 3. The molecule has 8 heteroatoms. The van der Waals surface area contributed by atoms with Crippen molar-refractivity contribution in [3.63, 3.8) is 0 Å². The highest BCUT2D eigenvalue weighted by Gasteiger charge is 2.13. The molecule has 0 saturated carbocycles. The Bertz CT molecular complexity index is 542. The third-order valence-electron chi connectivity index (χ3n) is 1.93. The highest BCUT2D eigenvalue weighted by Crippen LogP contribution is 2.29. The van der Waals surface area contributed by atoms with E-state index in [1.54, 1.807) is 24.1 Å². The summed E-state index contributed by atoms with van der Waals surface area (Å²) in [5, 5.41) is 3.97. The topological polar surface area (TPSA) is 68.8 Å². The number of hydrogen-bond donors (Lipinski definition) is 2. The number of pyridine rings is 1. The lowest BCUT2D eigenvalue weighted by Crippen LogP contribution is -2.11. The quantitative estimate of drug-likeness (QED) is 0.644. The summed E-state index contributed by atoms with van der Waals surface area (Å²) in [7, 11) is 1.74. The zero-order valence-corrected chi connectivity index (χ0v) is 9.63. The van der Waals surface area contributed by atoms with Gasteiger partial charge in [0.05, 0.1) is 11.1 Å². The summed E-state index contributed by atoms with van der Waals surface area (Å²) in [4.78, 5) is 4.44. The van der Waals surface area contributed by atoms with Gasteiger partial charge in [-0.2, -0.15) is 5.10 Å². The maximum absolute atomic E-state index is 13.4. The van der Waals surface area contributed by atoms with Gasteiger partial charge >= 0.3 is 0 Å². The van der Waals surface area contributed by atoms with Crippen molar-refractivity contribution in [1.29, 1.82) is 0 Å². The van der Waals surface area contributed by atoms with E-state index >= 15 is 0 Å². The van der Waals surface area contributed by atoms with Crippen molar-refractivity contribution in [3.05, 3.63) is 30.1 Å². The van der Waals surface area contributed by atoms with Crippen LogP contribution in [0.4, 0.5) is 14.6 Å². The molecular weight excluding hydrogens is 248 g/mol. The van der Waals surface area contributed by atoms with Gasteiger partial charge in [-0.1, -0.05) is 11.8 Å². The van der Waals surface area contributed by atoms with E-state index in [-0.39, 0.29) is 10.8 Å². The van der Waals surface area contributed by atoms with Crippen molar-refractivity contribution < 1.29 is 8.78 Å². The van der Waals surface area contributed by atoms with Crippen LogP contribution in [0.2, 0.25) is 0 Å². The minimum absolute atomic E-state index is 0.0346. The Kier molecular flexibility index (Phi) is 3.25. The van der Waals surface area contributed by atoms with Crippen LogP contribution in [0.15, 0.2) is 28.4 Å². The molecule has 0 amide bonds. The average Bonchev–Trinajstić information content (AvgIpc) is 2.68. The number of nitrogens with two attached hydrogens (primary N) is 1. The van der Waals surface area contributed by atoms with E-state index < -0.39 is 11.6 Å². The molecule has 2 rings (SSSR count). The number of nitrogens with one attached hydrogen (secondary N) is 1. The van der Waals surface area contributed by atoms with Gasteiger partial charge < -0.3 is 5.43 Å². The molecule has 0 aliphatic heterocycles. The smallest absolute Gasteiger partial charge is 0.177 e.